The van der Waals surface area contributed by atoms with Crippen molar-refractivity contribution < 1.29 is 9.18 Å². The van der Waals surface area contributed by atoms with Gasteiger partial charge in [-0.2, -0.15) is 0 Å². The number of fused-ring (bicyclic) bond motifs is 1. The zero-order valence-electron chi connectivity index (χ0n) is 8.22. The molecule has 1 aromatic carbocycles. The molecule has 14 heavy (non-hydrogen) atoms. The van der Waals surface area contributed by atoms with E-state index in [1.54, 1.807) is 13.0 Å². The lowest BCUT2D eigenvalue weighted by Gasteiger charge is -2.23. The third kappa shape index (κ3) is 1.45. The van der Waals surface area contributed by atoms with Gasteiger partial charge in [0.25, 0.3) is 0 Å². The fourth-order valence-electron chi connectivity index (χ4n) is 2.24. The molecular formula is C12H13FO. The van der Waals surface area contributed by atoms with E-state index in [-0.39, 0.29) is 17.5 Å². The summed E-state index contributed by atoms with van der Waals surface area (Å²) in [6.45, 7) is 1.55. The van der Waals surface area contributed by atoms with Crippen LogP contribution in [-0.2, 0) is 11.2 Å². The summed E-state index contributed by atoms with van der Waals surface area (Å²) >= 11 is 0. The van der Waals surface area contributed by atoms with E-state index >= 15 is 0 Å². The van der Waals surface area contributed by atoms with Crippen molar-refractivity contribution in [3.05, 3.63) is 35.1 Å². The molecule has 0 saturated heterocycles. The first-order valence-corrected chi connectivity index (χ1v) is 4.98. The first kappa shape index (κ1) is 9.38. The van der Waals surface area contributed by atoms with Crippen LogP contribution in [0.15, 0.2) is 18.2 Å². The number of aryl methyl sites for hydroxylation is 1. The summed E-state index contributed by atoms with van der Waals surface area (Å²) in [5.41, 5.74) is 1.66. The van der Waals surface area contributed by atoms with Crippen LogP contribution in [0, 0.1) is 5.82 Å². The molecule has 0 aliphatic heterocycles. The quantitative estimate of drug-likeness (QED) is 0.668. The summed E-state index contributed by atoms with van der Waals surface area (Å²) in [7, 11) is 0. The molecule has 0 saturated carbocycles. The molecule has 1 aliphatic rings. The Hall–Kier alpha value is -1.18. The van der Waals surface area contributed by atoms with Crippen LogP contribution in [0.5, 0.6) is 0 Å². The molecule has 0 radical (unpaired) electrons. The highest BCUT2D eigenvalue weighted by atomic mass is 19.1. The second-order valence-electron chi connectivity index (χ2n) is 3.87. The van der Waals surface area contributed by atoms with Crippen LogP contribution >= 0.6 is 0 Å². The summed E-state index contributed by atoms with van der Waals surface area (Å²) in [5.74, 6) is -0.349. The minimum atomic E-state index is -0.220. The summed E-state index contributed by atoms with van der Waals surface area (Å²) in [6.07, 6.45) is 2.68. The first-order chi connectivity index (χ1) is 6.70. The molecule has 2 rings (SSSR count). The Morgan fingerprint density at radius 1 is 1.50 bits per heavy atom. The van der Waals surface area contributed by atoms with Gasteiger partial charge in [-0.3, -0.25) is 4.79 Å². The second-order valence-corrected chi connectivity index (χ2v) is 3.87. The van der Waals surface area contributed by atoms with Crippen molar-refractivity contribution in [3.8, 4) is 0 Å². The summed E-state index contributed by atoms with van der Waals surface area (Å²) < 4.78 is 13.5. The normalized spacial score (nSPS) is 20.3. The predicted molar refractivity (Wildman–Crippen MR) is 52.8 cm³/mol. The average Bonchev–Trinajstić information content (AvgIpc) is 2.17. The van der Waals surface area contributed by atoms with Gasteiger partial charge in [0.05, 0.1) is 0 Å². The number of halogens is 1. The van der Waals surface area contributed by atoms with Gasteiger partial charge in [0.1, 0.15) is 11.6 Å². The summed E-state index contributed by atoms with van der Waals surface area (Å²) in [5, 5.41) is 0. The van der Waals surface area contributed by atoms with Gasteiger partial charge in [-0.1, -0.05) is 12.1 Å². The van der Waals surface area contributed by atoms with Gasteiger partial charge < -0.3 is 0 Å². The van der Waals surface area contributed by atoms with E-state index < -0.39 is 0 Å². The maximum absolute atomic E-state index is 13.5. The van der Waals surface area contributed by atoms with Gasteiger partial charge in [0.2, 0.25) is 0 Å². The Morgan fingerprint density at radius 3 is 3.00 bits per heavy atom. The molecule has 1 nitrogen and oxygen atoms in total. The number of hydrogen-bond donors (Lipinski definition) is 0. The molecule has 0 bridgehead atoms. The van der Waals surface area contributed by atoms with E-state index in [2.05, 4.69) is 0 Å². The number of ketones is 1. The zero-order chi connectivity index (χ0) is 10.1. The third-order valence-corrected chi connectivity index (χ3v) is 2.92. The Bertz CT molecular complexity index is 371. The van der Waals surface area contributed by atoms with Crippen LogP contribution in [0.3, 0.4) is 0 Å². The Morgan fingerprint density at radius 2 is 2.29 bits per heavy atom. The molecule has 0 spiro atoms. The van der Waals surface area contributed by atoms with Crippen LogP contribution in [-0.4, -0.2) is 5.78 Å². The fourth-order valence-corrected chi connectivity index (χ4v) is 2.24. The number of carbonyl (C=O) groups is 1. The van der Waals surface area contributed by atoms with Gasteiger partial charge in [0.15, 0.2) is 0 Å². The lowest BCUT2D eigenvalue weighted by molar-refractivity contribution is -0.118. The number of carbonyl (C=O) groups excluding carboxylic acids is 1. The number of hydrogen-bond acceptors (Lipinski definition) is 1. The van der Waals surface area contributed by atoms with Crippen molar-refractivity contribution >= 4 is 5.78 Å². The van der Waals surface area contributed by atoms with Crippen LogP contribution < -0.4 is 0 Å². The smallest absolute Gasteiger partial charge is 0.137 e. The molecule has 0 heterocycles. The fraction of sp³-hybridized carbons (Fsp3) is 0.417. The topological polar surface area (TPSA) is 17.1 Å². The standard InChI is InChI=1S/C12H13FO/c1-8(14)10-6-2-4-9-5-3-7-11(13)12(9)10/h3,5,7,10H,2,4,6H2,1H3. The molecule has 0 fully saturated rings. The van der Waals surface area contributed by atoms with E-state index in [0.29, 0.717) is 5.56 Å². The van der Waals surface area contributed by atoms with E-state index in [0.717, 1.165) is 24.8 Å². The van der Waals surface area contributed by atoms with Crippen molar-refractivity contribution in [1.82, 2.24) is 0 Å². The number of benzene rings is 1. The lowest BCUT2D eigenvalue weighted by atomic mass is 9.80. The highest BCUT2D eigenvalue weighted by Gasteiger charge is 2.26. The van der Waals surface area contributed by atoms with Gasteiger partial charge in [-0.15, -0.1) is 0 Å². The Labute approximate surface area is 82.9 Å². The molecule has 74 valence electrons. The van der Waals surface area contributed by atoms with E-state index in [4.69, 9.17) is 0 Å². The first-order valence-electron chi connectivity index (χ1n) is 4.98. The van der Waals surface area contributed by atoms with Crippen LogP contribution in [0.25, 0.3) is 0 Å². The summed E-state index contributed by atoms with van der Waals surface area (Å²) in [4.78, 5) is 11.3. The van der Waals surface area contributed by atoms with E-state index in [1.165, 1.54) is 6.07 Å². The molecule has 1 aliphatic carbocycles. The third-order valence-electron chi connectivity index (χ3n) is 2.92. The minimum absolute atomic E-state index is 0.0797. The maximum atomic E-state index is 13.5. The van der Waals surface area contributed by atoms with E-state index in [1.807, 2.05) is 6.07 Å². The molecule has 2 heteroatoms. The van der Waals surface area contributed by atoms with Crippen molar-refractivity contribution in [2.24, 2.45) is 0 Å². The molecular weight excluding hydrogens is 179 g/mol. The van der Waals surface area contributed by atoms with Crippen molar-refractivity contribution in [2.45, 2.75) is 32.1 Å². The molecule has 1 aromatic rings. The molecule has 0 aromatic heterocycles. The van der Waals surface area contributed by atoms with Crippen molar-refractivity contribution in [3.63, 3.8) is 0 Å². The van der Waals surface area contributed by atoms with Gasteiger partial charge in [-0.05, 0) is 37.8 Å². The van der Waals surface area contributed by atoms with Gasteiger partial charge in [-0.25, -0.2) is 4.39 Å². The summed E-state index contributed by atoms with van der Waals surface area (Å²) in [6, 6.07) is 5.09. The van der Waals surface area contributed by atoms with Crippen molar-refractivity contribution in [2.75, 3.05) is 0 Å². The largest absolute Gasteiger partial charge is 0.299 e. The monoisotopic (exact) mass is 192 g/mol. The predicted octanol–water partition coefficient (Wildman–Crippen LogP) is 2.83. The lowest BCUT2D eigenvalue weighted by Crippen LogP contribution is -2.17. The Balaban J connectivity index is 2.52. The number of Topliss-reactive ketones (excluding diaryl/α,β-unsaturated/α-hetero) is 1. The van der Waals surface area contributed by atoms with Gasteiger partial charge in [0, 0.05) is 11.5 Å². The van der Waals surface area contributed by atoms with Crippen molar-refractivity contribution in [1.29, 1.82) is 0 Å². The highest BCUT2D eigenvalue weighted by Crippen LogP contribution is 2.33. The average molecular weight is 192 g/mol. The van der Waals surface area contributed by atoms with Crippen LogP contribution in [0.1, 0.15) is 36.8 Å². The molecule has 0 N–H and O–H groups in total. The Kier molecular flexibility index (Phi) is 2.36. The number of rotatable bonds is 1. The molecule has 1 unspecified atom stereocenters. The van der Waals surface area contributed by atoms with E-state index in [9.17, 15) is 9.18 Å². The van der Waals surface area contributed by atoms with Gasteiger partial charge >= 0.3 is 0 Å². The minimum Gasteiger partial charge on any atom is -0.299 e. The van der Waals surface area contributed by atoms with Crippen LogP contribution in [0.2, 0.25) is 0 Å². The molecule has 0 amide bonds. The molecule has 1 atom stereocenters. The maximum Gasteiger partial charge on any atom is 0.137 e. The second kappa shape index (κ2) is 3.52. The highest BCUT2D eigenvalue weighted by molar-refractivity contribution is 5.84. The van der Waals surface area contributed by atoms with Crippen LogP contribution in [0.4, 0.5) is 4.39 Å². The SMILES string of the molecule is CC(=O)C1CCCc2cccc(F)c21. The zero-order valence-corrected chi connectivity index (χ0v) is 8.22.